The van der Waals surface area contributed by atoms with E-state index in [4.69, 9.17) is 5.73 Å². The molecule has 1 aromatic carbocycles. The smallest absolute Gasteiger partial charge is 0.256 e. The fraction of sp³-hybridized carbons (Fsp3) is 0.471. The molecular formula is C17H24N4O2. The third-order valence-electron chi connectivity index (χ3n) is 3.56. The number of hydrogen-bond acceptors (Lipinski definition) is 4. The molecule has 1 aliphatic heterocycles. The number of rotatable bonds is 7. The van der Waals surface area contributed by atoms with Crippen molar-refractivity contribution in [3.63, 3.8) is 0 Å². The summed E-state index contributed by atoms with van der Waals surface area (Å²) in [5.41, 5.74) is 7.22. The fourth-order valence-corrected chi connectivity index (χ4v) is 2.67. The molecular weight excluding hydrogens is 292 g/mol. The van der Waals surface area contributed by atoms with Gasteiger partial charge < -0.3 is 5.73 Å². The van der Waals surface area contributed by atoms with Gasteiger partial charge in [0.05, 0.1) is 25.3 Å². The third kappa shape index (κ3) is 5.17. The fourth-order valence-electron chi connectivity index (χ4n) is 2.67. The minimum Gasteiger partial charge on any atom is -0.369 e. The predicted molar refractivity (Wildman–Crippen MR) is 89.8 cm³/mol. The van der Waals surface area contributed by atoms with Crippen molar-refractivity contribution in [2.45, 2.75) is 20.3 Å². The second-order valence-corrected chi connectivity index (χ2v) is 6.21. The molecule has 0 unspecified atom stereocenters. The van der Waals surface area contributed by atoms with Crippen molar-refractivity contribution in [1.29, 1.82) is 0 Å². The number of carbonyl (C=O) groups excluding carboxylic acids is 2. The number of nitrogens with two attached hydrogens (primary N) is 1. The van der Waals surface area contributed by atoms with Crippen LogP contribution in [0.15, 0.2) is 35.4 Å². The minimum atomic E-state index is -0.423. The first-order valence-corrected chi connectivity index (χ1v) is 7.89. The molecule has 2 N–H and O–H groups in total. The summed E-state index contributed by atoms with van der Waals surface area (Å²) in [4.78, 5) is 25.4. The van der Waals surface area contributed by atoms with Crippen LogP contribution in [0.5, 0.6) is 0 Å². The normalized spacial score (nSPS) is 14.4. The van der Waals surface area contributed by atoms with Gasteiger partial charge in [-0.2, -0.15) is 5.10 Å². The number of amides is 2. The van der Waals surface area contributed by atoms with Gasteiger partial charge in [-0.1, -0.05) is 44.2 Å². The van der Waals surface area contributed by atoms with E-state index >= 15 is 0 Å². The Bertz CT molecular complexity index is 584. The van der Waals surface area contributed by atoms with Gasteiger partial charge in [0.25, 0.3) is 5.91 Å². The largest absolute Gasteiger partial charge is 0.369 e. The van der Waals surface area contributed by atoms with Gasteiger partial charge in [0.15, 0.2) is 0 Å². The molecule has 1 aliphatic rings. The predicted octanol–water partition coefficient (Wildman–Crippen LogP) is 1.07. The van der Waals surface area contributed by atoms with Crippen LogP contribution in [0.25, 0.3) is 0 Å². The topological polar surface area (TPSA) is 79.0 Å². The third-order valence-corrected chi connectivity index (χ3v) is 3.56. The second-order valence-electron chi connectivity index (χ2n) is 6.21. The zero-order valence-corrected chi connectivity index (χ0v) is 13.7. The molecule has 1 aromatic rings. The number of primary amides is 1. The van der Waals surface area contributed by atoms with Crippen molar-refractivity contribution in [2.24, 2.45) is 16.8 Å². The monoisotopic (exact) mass is 316 g/mol. The highest BCUT2D eigenvalue weighted by Gasteiger charge is 2.24. The van der Waals surface area contributed by atoms with Gasteiger partial charge >= 0.3 is 0 Å². The maximum atomic E-state index is 12.4. The number of hydrazone groups is 1. The quantitative estimate of drug-likeness (QED) is 0.817. The molecule has 0 fully saturated rings. The Morgan fingerprint density at radius 1 is 1.26 bits per heavy atom. The molecule has 0 aliphatic carbocycles. The van der Waals surface area contributed by atoms with E-state index in [2.05, 4.69) is 5.10 Å². The lowest BCUT2D eigenvalue weighted by Gasteiger charge is -2.23. The summed E-state index contributed by atoms with van der Waals surface area (Å²) in [6.07, 6.45) is 0.746. The summed E-state index contributed by atoms with van der Waals surface area (Å²) in [7, 11) is 0. The molecule has 6 heteroatoms. The van der Waals surface area contributed by atoms with E-state index in [0.717, 1.165) is 17.7 Å². The zero-order chi connectivity index (χ0) is 16.8. The van der Waals surface area contributed by atoms with Crippen molar-refractivity contribution < 1.29 is 9.59 Å². The van der Waals surface area contributed by atoms with Crippen LogP contribution in [0.2, 0.25) is 0 Å². The Morgan fingerprint density at radius 2 is 1.96 bits per heavy atom. The van der Waals surface area contributed by atoms with Crippen LogP contribution in [-0.4, -0.2) is 53.6 Å². The Labute approximate surface area is 136 Å². The second kappa shape index (κ2) is 7.87. The maximum absolute atomic E-state index is 12.4. The summed E-state index contributed by atoms with van der Waals surface area (Å²) in [5.74, 6) is -0.171. The van der Waals surface area contributed by atoms with E-state index in [-0.39, 0.29) is 19.0 Å². The van der Waals surface area contributed by atoms with Gasteiger partial charge in [0.2, 0.25) is 5.91 Å². The van der Waals surface area contributed by atoms with Crippen molar-refractivity contribution in [3.05, 3.63) is 35.9 Å². The van der Waals surface area contributed by atoms with Crippen LogP contribution in [0.3, 0.4) is 0 Å². The number of carbonyl (C=O) groups is 2. The van der Waals surface area contributed by atoms with E-state index < -0.39 is 5.91 Å². The van der Waals surface area contributed by atoms with Gasteiger partial charge in [-0.05, 0) is 11.5 Å². The van der Waals surface area contributed by atoms with E-state index in [0.29, 0.717) is 19.0 Å². The molecule has 0 radical (unpaired) electrons. The first-order valence-electron chi connectivity index (χ1n) is 7.89. The summed E-state index contributed by atoms with van der Waals surface area (Å²) < 4.78 is 0. The minimum absolute atomic E-state index is 0.0903. The molecule has 0 saturated heterocycles. The average molecular weight is 316 g/mol. The van der Waals surface area contributed by atoms with Gasteiger partial charge in [-0.25, -0.2) is 5.01 Å². The molecule has 0 atom stereocenters. The standard InChI is InChI=1S/C17H24N4O2/c1-13(2)10-20(11-16(18)22)12-17(23)21-9-8-15(19-21)14-6-4-3-5-7-14/h3-7,13H,8-12H2,1-2H3,(H2,18,22). The average Bonchev–Trinajstić information content (AvgIpc) is 2.96. The molecule has 2 amide bonds. The van der Waals surface area contributed by atoms with Crippen LogP contribution >= 0.6 is 0 Å². The van der Waals surface area contributed by atoms with Gasteiger partial charge in [0, 0.05) is 13.0 Å². The molecule has 23 heavy (non-hydrogen) atoms. The number of hydrogen-bond donors (Lipinski definition) is 1. The molecule has 1 heterocycles. The van der Waals surface area contributed by atoms with E-state index in [1.807, 2.05) is 44.2 Å². The van der Waals surface area contributed by atoms with E-state index in [1.165, 1.54) is 5.01 Å². The van der Waals surface area contributed by atoms with E-state index in [9.17, 15) is 9.59 Å². The lowest BCUT2D eigenvalue weighted by atomic mass is 10.1. The highest BCUT2D eigenvalue weighted by molar-refractivity contribution is 6.02. The Hall–Kier alpha value is -2.21. The van der Waals surface area contributed by atoms with Crippen LogP contribution in [0, 0.1) is 5.92 Å². The SMILES string of the molecule is CC(C)CN(CC(N)=O)CC(=O)N1CCC(c2ccccc2)=N1. The molecule has 0 aromatic heterocycles. The molecule has 0 bridgehead atoms. The maximum Gasteiger partial charge on any atom is 0.256 e. The van der Waals surface area contributed by atoms with E-state index in [1.54, 1.807) is 4.90 Å². The van der Waals surface area contributed by atoms with Crippen molar-refractivity contribution in [1.82, 2.24) is 9.91 Å². The molecule has 0 saturated carbocycles. The van der Waals surface area contributed by atoms with Gasteiger partial charge in [-0.3, -0.25) is 14.5 Å². The Balaban J connectivity index is 1.99. The van der Waals surface area contributed by atoms with Crippen molar-refractivity contribution in [3.8, 4) is 0 Å². The van der Waals surface area contributed by atoms with Crippen LogP contribution in [-0.2, 0) is 9.59 Å². The molecule has 6 nitrogen and oxygen atoms in total. The van der Waals surface area contributed by atoms with Crippen LogP contribution in [0.4, 0.5) is 0 Å². The van der Waals surface area contributed by atoms with Crippen molar-refractivity contribution >= 4 is 17.5 Å². The van der Waals surface area contributed by atoms with Gasteiger partial charge in [-0.15, -0.1) is 0 Å². The zero-order valence-electron chi connectivity index (χ0n) is 13.7. The summed E-state index contributed by atoms with van der Waals surface area (Å²) in [6.45, 7) is 5.56. The lowest BCUT2D eigenvalue weighted by Crippen LogP contribution is -2.42. The van der Waals surface area contributed by atoms with Crippen molar-refractivity contribution in [2.75, 3.05) is 26.2 Å². The summed E-state index contributed by atoms with van der Waals surface area (Å²) in [6, 6.07) is 9.85. The summed E-state index contributed by atoms with van der Waals surface area (Å²) in [5, 5.41) is 5.92. The van der Waals surface area contributed by atoms with Gasteiger partial charge in [0.1, 0.15) is 0 Å². The van der Waals surface area contributed by atoms with Crippen LogP contribution in [0.1, 0.15) is 25.8 Å². The molecule has 124 valence electrons. The Kier molecular flexibility index (Phi) is 5.87. The lowest BCUT2D eigenvalue weighted by molar-refractivity contribution is -0.132. The molecule has 2 rings (SSSR count). The first-order chi connectivity index (χ1) is 11.0. The highest BCUT2D eigenvalue weighted by Crippen LogP contribution is 2.14. The molecule has 0 spiro atoms. The number of nitrogens with zero attached hydrogens (tertiary/aromatic N) is 3. The Morgan fingerprint density at radius 3 is 2.57 bits per heavy atom. The highest BCUT2D eigenvalue weighted by atomic mass is 16.2. The number of benzene rings is 1. The first kappa shape index (κ1) is 17.1. The summed E-state index contributed by atoms with van der Waals surface area (Å²) >= 11 is 0. The van der Waals surface area contributed by atoms with Crippen LogP contribution < -0.4 is 5.73 Å².